The molecule has 0 radical (unpaired) electrons. The molecule has 0 unspecified atom stereocenters. The predicted octanol–water partition coefficient (Wildman–Crippen LogP) is 2.67. The Labute approximate surface area is 125 Å². The Kier molecular flexibility index (Phi) is 3.76. The number of hydrogen-bond acceptors (Lipinski definition) is 3. The van der Waals surface area contributed by atoms with Crippen LogP contribution in [0.15, 0.2) is 24.3 Å². The van der Waals surface area contributed by atoms with Gasteiger partial charge in [0.2, 0.25) is 0 Å². The summed E-state index contributed by atoms with van der Waals surface area (Å²) >= 11 is 0. The number of hydrogen-bond donors (Lipinski definition) is 1. The van der Waals surface area contributed by atoms with E-state index in [1.807, 2.05) is 28.9 Å². The first-order valence-electron chi connectivity index (χ1n) is 7.43. The number of benzene rings is 1. The van der Waals surface area contributed by atoms with E-state index in [9.17, 15) is 5.26 Å². The Bertz CT molecular complexity index is 689. The van der Waals surface area contributed by atoms with Gasteiger partial charge in [0, 0.05) is 23.8 Å². The molecule has 108 valence electrons. The second-order valence-electron chi connectivity index (χ2n) is 5.73. The number of aryl methyl sites for hydroxylation is 1. The van der Waals surface area contributed by atoms with Crippen molar-refractivity contribution >= 4 is 0 Å². The Hall–Kier alpha value is -2.12. The van der Waals surface area contributed by atoms with E-state index in [4.69, 9.17) is 0 Å². The fourth-order valence-electron chi connectivity index (χ4n) is 2.61. The van der Waals surface area contributed by atoms with E-state index in [2.05, 4.69) is 30.3 Å². The van der Waals surface area contributed by atoms with Gasteiger partial charge < -0.3 is 5.32 Å². The van der Waals surface area contributed by atoms with E-state index in [1.54, 1.807) is 0 Å². The van der Waals surface area contributed by atoms with Crippen molar-refractivity contribution in [3.05, 3.63) is 52.3 Å². The highest BCUT2D eigenvalue weighted by molar-refractivity contribution is 5.38. The normalized spacial score (nSPS) is 14.1. The van der Waals surface area contributed by atoms with Crippen LogP contribution in [0.25, 0.3) is 0 Å². The molecule has 0 saturated heterocycles. The van der Waals surface area contributed by atoms with Crippen LogP contribution in [0.4, 0.5) is 0 Å². The van der Waals surface area contributed by atoms with Crippen LogP contribution in [0, 0.1) is 25.2 Å². The van der Waals surface area contributed by atoms with Crippen LogP contribution in [0.2, 0.25) is 0 Å². The Balaban J connectivity index is 1.82. The Morgan fingerprint density at radius 1 is 1.33 bits per heavy atom. The molecule has 0 aliphatic heterocycles. The highest BCUT2D eigenvalue weighted by Gasteiger charge is 2.21. The van der Waals surface area contributed by atoms with Crippen LogP contribution >= 0.6 is 0 Å². The van der Waals surface area contributed by atoms with Crippen molar-refractivity contribution in [1.82, 2.24) is 15.1 Å². The molecule has 0 atom stereocenters. The lowest BCUT2D eigenvalue weighted by molar-refractivity contribution is 0.651. The third kappa shape index (κ3) is 2.98. The lowest BCUT2D eigenvalue weighted by atomic mass is 10.1. The molecule has 1 N–H and O–H groups in total. The van der Waals surface area contributed by atoms with Gasteiger partial charge in [0.1, 0.15) is 0 Å². The van der Waals surface area contributed by atoms with Gasteiger partial charge in [0.25, 0.3) is 0 Å². The van der Waals surface area contributed by atoms with Crippen LogP contribution in [-0.2, 0) is 13.1 Å². The smallest absolute Gasteiger partial charge is 0.0995 e. The summed E-state index contributed by atoms with van der Waals surface area (Å²) in [6.45, 7) is 5.71. The molecule has 0 spiro atoms. The molecular formula is C17H20N4. The van der Waals surface area contributed by atoms with E-state index >= 15 is 0 Å². The maximum atomic E-state index is 9.19. The van der Waals surface area contributed by atoms with Gasteiger partial charge in [-0.1, -0.05) is 18.2 Å². The third-order valence-corrected chi connectivity index (χ3v) is 4.13. The molecule has 4 nitrogen and oxygen atoms in total. The number of nitrogens with zero attached hydrogens (tertiary/aromatic N) is 3. The van der Waals surface area contributed by atoms with Crippen molar-refractivity contribution in [2.45, 2.75) is 45.8 Å². The van der Waals surface area contributed by atoms with Crippen molar-refractivity contribution in [3.63, 3.8) is 0 Å². The van der Waals surface area contributed by atoms with E-state index in [0.717, 1.165) is 23.4 Å². The van der Waals surface area contributed by atoms with Crippen LogP contribution in [-0.4, -0.2) is 15.8 Å². The molecule has 1 aromatic carbocycles. The molecule has 3 rings (SSSR count). The number of nitriles is 1. The molecule has 1 heterocycles. The van der Waals surface area contributed by atoms with Crippen molar-refractivity contribution < 1.29 is 0 Å². The number of nitrogens with one attached hydrogen (secondary N) is 1. The molecule has 1 fully saturated rings. The summed E-state index contributed by atoms with van der Waals surface area (Å²) in [6.07, 6.45) is 2.59. The van der Waals surface area contributed by atoms with E-state index in [-0.39, 0.29) is 0 Å². The first-order valence-corrected chi connectivity index (χ1v) is 7.43. The topological polar surface area (TPSA) is 53.6 Å². The van der Waals surface area contributed by atoms with Crippen LogP contribution < -0.4 is 5.32 Å². The van der Waals surface area contributed by atoms with Gasteiger partial charge in [-0.25, -0.2) is 0 Å². The van der Waals surface area contributed by atoms with Gasteiger partial charge in [-0.05, 0) is 38.3 Å². The minimum atomic E-state index is 0.653. The average molecular weight is 280 g/mol. The van der Waals surface area contributed by atoms with E-state index in [0.29, 0.717) is 12.6 Å². The first kappa shape index (κ1) is 13.8. The molecule has 1 aliphatic carbocycles. The summed E-state index contributed by atoms with van der Waals surface area (Å²) in [4.78, 5) is 0. The maximum absolute atomic E-state index is 9.19. The Morgan fingerprint density at radius 2 is 2.10 bits per heavy atom. The standard InChI is InChI=1S/C17H20N4/c1-12-17(10-19-16-7-8-16)13(2)21(20-12)11-15-6-4-3-5-14(15)9-18/h3-6,16,19H,7-8,10-11H2,1-2H3. The SMILES string of the molecule is Cc1nn(Cc2ccccc2C#N)c(C)c1CNC1CC1. The fourth-order valence-corrected chi connectivity index (χ4v) is 2.61. The van der Waals surface area contributed by atoms with E-state index < -0.39 is 0 Å². The number of rotatable bonds is 5. The average Bonchev–Trinajstić information content (AvgIpc) is 3.27. The zero-order valence-electron chi connectivity index (χ0n) is 12.6. The molecule has 0 bridgehead atoms. The Morgan fingerprint density at radius 3 is 2.81 bits per heavy atom. The largest absolute Gasteiger partial charge is 0.310 e. The van der Waals surface area contributed by atoms with Crippen molar-refractivity contribution in [3.8, 4) is 6.07 Å². The summed E-state index contributed by atoms with van der Waals surface area (Å²) in [5, 5.41) is 17.4. The highest BCUT2D eigenvalue weighted by Crippen LogP contribution is 2.21. The predicted molar refractivity (Wildman–Crippen MR) is 81.8 cm³/mol. The summed E-state index contributed by atoms with van der Waals surface area (Å²) in [5.41, 5.74) is 5.30. The van der Waals surface area contributed by atoms with Gasteiger partial charge in [-0.3, -0.25) is 4.68 Å². The fraction of sp³-hybridized carbons (Fsp3) is 0.412. The van der Waals surface area contributed by atoms with Crippen molar-refractivity contribution in [1.29, 1.82) is 5.26 Å². The molecule has 4 heteroatoms. The van der Waals surface area contributed by atoms with Crippen molar-refractivity contribution in [2.75, 3.05) is 0 Å². The van der Waals surface area contributed by atoms with Gasteiger partial charge in [0.05, 0.1) is 23.9 Å². The van der Waals surface area contributed by atoms with Gasteiger partial charge in [0.15, 0.2) is 0 Å². The second kappa shape index (κ2) is 5.71. The quantitative estimate of drug-likeness (QED) is 0.916. The molecular weight excluding hydrogens is 260 g/mol. The third-order valence-electron chi connectivity index (χ3n) is 4.13. The zero-order valence-corrected chi connectivity index (χ0v) is 12.6. The number of aromatic nitrogens is 2. The summed E-state index contributed by atoms with van der Waals surface area (Å²) < 4.78 is 2.01. The monoisotopic (exact) mass is 280 g/mol. The van der Waals surface area contributed by atoms with Gasteiger partial charge in [-0.15, -0.1) is 0 Å². The molecule has 1 aliphatic rings. The van der Waals surface area contributed by atoms with Crippen LogP contribution in [0.1, 0.15) is 40.9 Å². The molecule has 0 amide bonds. The lowest BCUT2D eigenvalue weighted by Gasteiger charge is -2.07. The second-order valence-corrected chi connectivity index (χ2v) is 5.73. The van der Waals surface area contributed by atoms with Gasteiger partial charge in [-0.2, -0.15) is 10.4 Å². The summed E-state index contributed by atoms with van der Waals surface area (Å²) in [5.74, 6) is 0. The van der Waals surface area contributed by atoms with Crippen LogP contribution in [0.3, 0.4) is 0 Å². The molecule has 21 heavy (non-hydrogen) atoms. The molecule has 1 saturated carbocycles. The first-order chi connectivity index (χ1) is 10.2. The van der Waals surface area contributed by atoms with Gasteiger partial charge >= 0.3 is 0 Å². The lowest BCUT2D eigenvalue weighted by Crippen LogP contribution is -2.16. The minimum Gasteiger partial charge on any atom is -0.310 e. The molecule has 1 aromatic heterocycles. The summed E-state index contributed by atoms with van der Waals surface area (Å²) in [7, 11) is 0. The summed E-state index contributed by atoms with van der Waals surface area (Å²) in [6, 6.07) is 10.7. The van der Waals surface area contributed by atoms with Crippen molar-refractivity contribution in [2.24, 2.45) is 0 Å². The minimum absolute atomic E-state index is 0.653. The molecule has 2 aromatic rings. The van der Waals surface area contributed by atoms with E-state index in [1.165, 1.54) is 24.1 Å². The maximum Gasteiger partial charge on any atom is 0.0995 e. The van der Waals surface area contributed by atoms with Crippen LogP contribution in [0.5, 0.6) is 0 Å². The zero-order chi connectivity index (χ0) is 14.8. The highest BCUT2D eigenvalue weighted by atomic mass is 15.3.